The van der Waals surface area contributed by atoms with E-state index >= 15 is 0 Å². The van der Waals surface area contributed by atoms with Crippen LogP contribution in [-0.2, 0) is 0 Å². The Balaban J connectivity index is 1.72. The third kappa shape index (κ3) is 3.03. The number of hydrogen-bond acceptors (Lipinski definition) is 4. The van der Waals surface area contributed by atoms with Gasteiger partial charge in [0.1, 0.15) is 13.2 Å². The van der Waals surface area contributed by atoms with Crippen molar-refractivity contribution in [2.24, 2.45) is 0 Å². The van der Waals surface area contributed by atoms with Gasteiger partial charge >= 0.3 is 0 Å². The first kappa shape index (κ1) is 14.4. The van der Waals surface area contributed by atoms with Crippen LogP contribution in [0.1, 0.15) is 34.6 Å². The number of pyridine rings is 1. The second-order valence-corrected chi connectivity index (χ2v) is 5.29. The Morgan fingerprint density at radius 3 is 2.68 bits per heavy atom. The topological polar surface area (TPSA) is 60.5 Å². The summed E-state index contributed by atoms with van der Waals surface area (Å²) in [7, 11) is 0. The number of nitrogens with one attached hydrogen (secondary N) is 1. The van der Waals surface area contributed by atoms with Crippen molar-refractivity contribution in [2.75, 3.05) is 13.2 Å². The molecule has 1 N–H and O–H groups in total. The van der Waals surface area contributed by atoms with E-state index in [1.807, 2.05) is 38.1 Å². The number of aromatic nitrogens is 1. The van der Waals surface area contributed by atoms with Gasteiger partial charge in [-0.1, -0.05) is 6.07 Å². The van der Waals surface area contributed by atoms with Crippen molar-refractivity contribution in [3.05, 3.63) is 53.3 Å². The third-order valence-corrected chi connectivity index (χ3v) is 3.59. The highest BCUT2D eigenvalue weighted by atomic mass is 16.6. The number of carbonyl (C=O) groups is 1. The molecule has 1 aromatic carbocycles. The van der Waals surface area contributed by atoms with Crippen molar-refractivity contribution in [3.8, 4) is 11.5 Å². The Bertz CT molecular complexity index is 683. The van der Waals surface area contributed by atoms with Crippen molar-refractivity contribution in [1.82, 2.24) is 10.3 Å². The normalized spacial score (nSPS) is 14.3. The largest absolute Gasteiger partial charge is 0.486 e. The fourth-order valence-electron chi connectivity index (χ4n) is 2.29. The van der Waals surface area contributed by atoms with Gasteiger partial charge in [0.2, 0.25) is 0 Å². The van der Waals surface area contributed by atoms with Crippen LogP contribution in [0.5, 0.6) is 11.5 Å². The summed E-state index contributed by atoms with van der Waals surface area (Å²) in [5, 5.41) is 2.96. The molecule has 114 valence electrons. The Hall–Kier alpha value is -2.56. The maximum absolute atomic E-state index is 12.2. The predicted molar refractivity (Wildman–Crippen MR) is 82.3 cm³/mol. The molecule has 0 radical (unpaired) electrons. The molecular formula is C17H18N2O3. The monoisotopic (exact) mass is 298 g/mol. The second-order valence-electron chi connectivity index (χ2n) is 5.29. The van der Waals surface area contributed by atoms with Crippen LogP contribution in [0.25, 0.3) is 0 Å². The van der Waals surface area contributed by atoms with Crippen molar-refractivity contribution < 1.29 is 14.3 Å². The fraction of sp³-hybridized carbons (Fsp3) is 0.294. The van der Waals surface area contributed by atoms with E-state index in [2.05, 4.69) is 10.3 Å². The van der Waals surface area contributed by atoms with Crippen LogP contribution in [0, 0.1) is 6.92 Å². The maximum atomic E-state index is 12.2. The molecule has 22 heavy (non-hydrogen) atoms. The number of carbonyl (C=O) groups excluding carboxylic acids is 1. The zero-order valence-corrected chi connectivity index (χ0v) is 12.6. The van der Waals surface area contributed by atoms with Gasteiger partial charge in [-0.15, -0.1) is 0 Å². The molecule has 0 saturated heterocycles. The molecule has 5 heteroatoms. The number of nitrogens with zero attached hydrogens (tertiary/aromatic N) is 1. The van der Waals surface area contributed by atoms with E-state index in [-0.39, 0.29) is 11.9 Å². The lowest BCUT2D eigenvalue weighted by Crippen LogP contribution is -2.27. The van der Waals surface area contributed by atoms with E-state index in [1.165, 1.54) is 0 Å². The van der Waals surface area contributed by atoms with E-state index in [1.54, 1.807) is 12.3 Å². The van der Waals surface area contributed by atoms with Crippen LogP contribution in [0.15, 0.2) is 36.5 Å². The summed E-state index contributed by atoms with van der Waals surface area (Å²) in [5.41, 5.74) is 2.41. The van der Waals surface area contributed by atoms with E-state index in [9.17, 15) is 4.79 Å². The molecule has 1 aliphatic heterocycles. The molecule has 1 atom stereocenters. The summed E-state index contributed by atoms with van der Waals surface area (Å²) in [6.45, 7) is 4.94. The Kier molecular flexibility index (Phi) is 3.96. The van der Waals surface area contributed by atoms with Gasteiger partial charge in [0.15, 0.2) is 11.5 Å². The first-order valence-corrected chi connectivity index (χ1v) is 7.26. The molecule has 0 aliphatic carbocycles. The van der Waals surface area contributed by atoms with Crippen LogP contribution in [0.3, 0.4) is 0 Å². The van der Waals surface area contributed by atoms with E-state index < -0.39 is 0 Å². The highest BCUT2D eigenvalue weighted by molar-refractivity contribution is 5.94. The van der Waals surface area contributed by atoms with Crippen molar-refractivity contribution >= 4 is 5.91 Å². The van der Waals surface area contributed by atoms with Crippen molar-refractivity contribution in [2.45, 2.75) is 19.9 Å². The highest BCUT2D eigenvalue weighted by Crippen LogP contribution is 2.32. The minimum absolute atomic E-state index is 0.135. The molecule has 2 heterocycles. The number of hydrogen-bond donors (Lipinski definition) is 1. The molecule has 2 aromatic rings. The molecule has 5 nitrogen and oxygen atoms in total. The van der Waals surface area contributed by atoms with Crippen LogP contribution in [-0.4, -0.2) is 24.1 Å². The number of ether oxygens (including phenoxy) is 2. The molecule has 0 saturated carbocycles. The zero-order valence-electron chi connectivity index (χ0n) is 12.6. The van der Waals surface area contributed by atoms with Gasteiger partial charge in [-0.2, -0.15) is 0 Å². The second kappa shape index (κ2) is 6.05. The van der Waals surface area contributed by atoms with Crippen LogP contribution >= 0.6 is 0 Å². The van der Waals surface area contributed by atoms with Crippen molar-refractivity contribution in [1.29, 1.82) is 0 Å². The third-order valence-electron chi connectivity index (χ3n) is 3.59. The molecule has 1 amide bonds. The Labute approximate surface area is 129 Å². The summed E-state index contributed by atoms with van der Waals surface area (Å²) in [5.74, 6) is 1.33. The van der Waals surface area contributed by atoms with Gasteiger partial charge in [0.05, 0.1) is 11.6 Å². The SMILES string of the molecule is Cc1ccc(C(=O)NC(C)c2ccc3c(c2)OCCO3)cn1. The highest BCUT2D eigenvalue weighted by Gasteiger charge is 2.16. The van der Waals surface area contributed by atoms with E-state index in [0.29, 0.717) is 18.8 Å². The maximum Gasteiger partial charge on any atom is 0.253 e. The van der Waals surface area contributed by atoms with Gasteiger partial charge in [0.25, 0.3) is 5.91 Å². The lowest BCUT2D eigenvalue weighted by molar-refractivity contribution is 0.0939. The minimum atomic E-state index is -0.144. The first-order chi connectivity index (χ1) is 10.6. The molecular weight excluding hydrogens is 280 g/mol. The molecule has 0 spiro atoms. The molecule has 1 aliphatic rings. The number of aryl methyl sites for hydroxylation is 1. The summed E-state index contributed by atoms with van der Waals surface area (Å²) in [6, 6.07) is 9.18. The Morgan fingerprint density at radius 2 is 1.95 bits per heavy atom. The lowest BCUT2D eigenvalue weighted by Gasteiger charge is -2.21. The average molecular weight is 298 g/mol. The van der Waals surface area contributed by atoms with Crippen molar-refractivity contribution in [3.63, 3.8) is 0 Å². The molecule has 3 rings (SSSR count). The van der Waals surface area contributed by atoms with Gasteiger partial charge in [-0.3, -0.25) is 9.78 Å². The molecule has 0 fully saturated rings. The zero-order chi connectivity index (χ0) is 15.5. The molecule has 1 unspecified atom stereocenters. The molecule has 0 bridgehead atoms. The number of benzene rings is 1. The minimum Gasteiger partial charge on any atom is -0.486 e. The van der Waals surface area contributed by atoms with E-state index in [4.69, 9.17) is 9.47 Å². The van der Waals surface area contributed by atoms with Gasteiger partial charge in [-0.25, -0.2) is 0 Å². The summed E-state index contributed by atoms with van der Waals surface area (Å²) in [6.07, 6.45) is 1.58. The van der Waals surface area contributed by atoms with Gasteiger partial charge in [0, 0.05) is 11.9 Å². The van der Waals surface area contributed by atoms with Crippen LogP contribution < -0.4 is 14.8 Å². The van der Waals surface area contributed by atoms with Crippen LogP contribution in [0.2, 0.25) is 0 Å². The number of amides is 1. The standard InChI is InChI=1S/C17H18N2O3/c1-11-3-4-14(10-18-11)17(20)19-12(2)13-5-6-15-16(9-13)22-8-7-21-15/h3-6,9-10,12H,7-8H2,1-2H3,(H,19,20). The van der Waals surface area contributed by atoms with Crippen LogP contribution in [0.4, 0.5) is 0 Å². The Morgan fingerprint density at radius 1 is 1.18 bits per heavy atom. The summed E-state index contributed by atoms with van der Waals surface area (Å²) >= 11 is 0. The average Bonchev–Trinajstić information content (AvgIpc) is 2.55. The summed E-state index contributed by atoms with van der Waals surface area (Å²) < 4.78 is 11.1. The molecule has 1 aromatic heterocycles. The fourth-order valence-corrected chi connectivity index (χ4v) is 2.29. The number of fused-ring (bicyclic) bond motifs is 1. The van der Waals surface area contributed by atoms with Gasteiger partial charge in [-0.05, 0) is 43.7 Å². The first-order valence-electron chi connectivity index (χ1n) is 7.26. The van der Waals surface area contributed by atoms with Gasteiger partial charge < -0.3 is 14.8 Å². The quantitative estimate of drug-likeness (QED) is 0.946. The predicted octanol–water partition coefficient (Wildman–Crippen LogP) is 2.65. The lowest BCUT2D eigenvalue weighted by atomic mass is 10.1. The number of rotatable bonds is 3. The van der Waals surface area contributed by atoms with E-state index in [0.717, 1.165) is 22.8 Å². The smallest absolute Gasteiger partial charge is 0.253 e. The summed E-state index contributed by atoms with van der Waals surface area (Å²) in [4.78, 5) is 16.4.